The molecule has 88 valence electrons. The molecule has 1 N–H and O–H groups in total. The van der Waals surface area contributed by atoms with Crippen molar-refractivity contribution in [2.24, 2.45) is 0 Å². The molecule has 1 saturated heterocycles. The topological polar surface area (TPSA) is 15.3 Å². The maximum Gasteiger partial charge on any atom is 0.0543 e. The normalized spacial score (nSPS) is 17.2. The van der Waals surface area contributed by atoms with Gasteiger partial charge in [-0.25, -0.2) is 0 Å². The zero-order chi connectivity index (χ0) is 11.4. The number of thioether (sulfide) groups is 1. The highest BCUT2D eigenvalue weighted by Crippen LogP contribution is 2.29. The average molecular weight is 257 g/mol. The van der Waals surface area contributed by atoms with Crippen LogP contribution in [0.5, 0.6) is 0 Å². The van der Waals surface area contributed by atoms with E-state index in [2.05, 4.69) is 28.6 Å². The van der Waals surface area contributed by atoms with E-state index < -0.39 is 0 Å². The van der Waals surface area contributed by atoms with Gasteiger partial charge < -0.3 is 10.2 Å². The van der Waals surface area contributed by atoms with Gasteiger partial charge in [-0.05, 0) is 37.4 Å². The monoisotopic (exact) mass is 256 g/mol. The van der Waals surface area contributed by atoms with Gasteiger partial charge in [0.05, 0.1) is 5.02 Å². The van der Waals surface area contributed by atoms with Crippen LogP contribution in [-0.4, -0.2) is 32.4 Å². The van der Waals surface area contributed by atoms with Gasteiger partial charge in [0.1, 0.15) is 0 Å². The van der Waals surface area contributed by atoms with Gasteiger partial charge >= 0.3 is 0 Å². The van der Waals surface area contributed by atoms with Gasteiger partial charge in [-0.3, -0.25) is 0 Å². The van der Waals surface area contributed by atoms with Crippen molar-refractivity contribution in [3.8, 4) is 0 Å². The molecule has 1 heterocycles. The van der Waals surface area contributed by atoms with Crippen molar-refractivity contribution in [1.29, 1.82) is 0 Å². The summed E-state index contributed by atoms with van der Waals surface area (Å²) in [5.41, 5.74) is 1.29. The number of anilines is 1. The molecule has 0 spiro atoms. The van der Waals surface area contributed by atoms with Crippen LogP contribution in [0, 0.1) is 0 Å². The van der Waals surface area contributed by atoms with Gasteiger partial charge in [-0.1, -0.05) is 11.6 Å². The predicted octanol–water partition coefficient (Wildman–Crippen LogP) is 2.86. The second-order valence-electron chi connectivity index (χ2n) is 3.91. The highest BCUT2D eigenvalue weighted by atomic mass is 35.5. The fourth-order valence-corrected chi connectivity index (χ4v) is 2.80. The summed E-state index contributed by atoms with van der Waals surface area (Å²) in [4.78, 5) is 3.59. The Morgan fingerprint density at radius 3 is 3.00 bits per heavy atom. The second kappa shape index (κ2) is 5.80. The van der Waals surface area contributed by atoms with E-state index in [-0.39, 0.29) is 0 Å². The molecule has 0 unspecified atom stereocenters. The van der Waals surface area contributed by atoms with Crippen molar-refractivity contribution in [3.63, 3.8) is 0 Å². The van der Waals surface area contributed by atoms with E-state index in [4.69, 9.17) is 11.6 Å². The fourth-order valence-electron chi connectivity index (χ4n) is 1.95. The van der Waals surface area contributed by atoms with Crippen LogP contribution in [0.25, 0.3) is 0 Å². The molecule has 4 heteroatoms. The first-order valence-corrected chi connectivity index (χ1v) is 7.21. The van der Waals surface area contributed by atoms with Crippen LogP contribution in [0.15, 0.2) is 23.1 Å². The fraction of sp³-hybridized carbons (Fsp3) is 0.500. The van der Waals surface area contributed by atoms with Crippen LogP contribution in [0.4, 0.5) is 5.69 Å². The summed E-state index contributed by atoms with van der Waals surface area (Å²) in [7, 11) is 0. The van der Waals surface area contributed by atoms with E-state index in [1.165, 1.54) is 12.1 Å². The molecule has 1 aromatic rings. The molecule has 1 aliphatic rings. The van der Waals surface area contributed by atoms with E-state index in [1.54, 1.807) is 11.8 Å². The summed E-state index contributed by atoms with van der Waals surface area (Å²) in [5, 5.41) is 4.27. The van der Waals surface area contributed by atoms with Gasteiger partial charge in [0.15, 0.2) is 0 Å². The highest BCUT2D eigenvalue weighted by molar-refractivity contribution is 7.98. The van der Waals surface area contributed by atoms with Crippen molar-refractivity contribution in [1.82, 2.24) is 5.32 Å². The van der Waals surface area contributed by atoms with Crippen molar-refractivity contribution in [2.75, 3.05) is 37.3 Å². The molecular formula is C12H17ClN2S. The highest BCUT2D eigenvalue weighted by Gasteiger charge is 2.10. The van der Waals surface area contributed by atoms with Crippen LogP contribution in [0.3, 0.4) is 0 Å². The number of rotatable bonds is 2. The molecule has 0 radical (unpaired) electrons. The van der Waals surface area contributed by atoms with Gasteiger partial charge in [0.2, 0.25) is 0 Å². The number of hydrogen-bond acceptors (Lipinski definition) is 3. The van der Waals surface area contributed by atoms with Crippen LogP contribution in [0.1, 0.15) is 6.42 Å². The molecule has 1 fully saturated rings. The Hall–Kier alpha value is -0.380. The van der Waals surface area contributed by atoms with E-state index in [0.29, 0.717) is 0 Å². The second-order valence-corrected chi connectivity index (χ2v) is 5.16. The summed E-state index contributed by atoms with van der Waals surface area (Å²) < 4.78 is 0. The molecule has 0 atom stereocenters. The van der Waals surface area contributed by atoms with Crippen LogP contribution >= 0.6 is 23.4 Å². The minimum absolute atomic E-state index is 0.851. The molecule has 16 heavy (non-hydrogen) atoms. The molecule has 0 amide bonds. The number of hydrogen-bond donors (Lipinski definition) is 1. The Morgan fingerprint density at radius 1 is 1.31 bits per heavy atom. The zero-order valence-electron chi connectivity index (χ0n) is 9.50. The Kier molecular flexibility index (Phi) is 4.38. The third-order valence-electron chi connectivity index (χ3n) is 2.84. The Labute approximate surface area is 106 Å². The van der Waals surface area contributed by atoms with Gasteiger partial charge in [-0.2, -0.15) is 0 Å². The van der Waals surface area contributed by atoms with Crippen molar-refractivity contribution >= 4 is 29.1 Å². The summed E-state index contributed by atoms with van der Waals surface area (Å²) in [6.07, 6.45) is 3.27. The molecule has 1 aliphatic heterocycles. The SMILES string of the molecule is CSc1cc(N2CCCNCC2)ccc1Cl. The first-order chi connectivity index (χ1) is 7.81. The number of nitrogens with one attached hydrogen (secondary N) is 1. The Balaban J connectivity index is 2.18. The first-order valence-electron chi connectivity index (χ1n) is 5.60. The summed E-state index contributed by atoms with van der Waals surface area (Å²) in [5.74, 6) is 0. The van der Waals surface area contributed by atoms with E-state index in [0.717, 1.165) is 36.1 Å². The van der Waals surface area contributed by atoms with E-state index >= 15 is 0 Å². The van der Waals surface area contributed by atoms with Crippen LogP contribution < -0.4 is 10.2 Å². The summed E-state index contributed by atoms with van der Waals surface area (Å²) in [6, 6.07) is 6.31. The lowest BCUT2D eigenvalue weighted by atomic mass is 10.2. The molecule has 0 saturated carbocycles. The largest absolute Gasteiger partial charge is 0.370 e. The van der Waals surface area contributed by atoms with Crippen LogP contribution in [0.2, 0.25) is 5.02 Å². The molecule has 2 rings (SSSR count). The average Bonchev–Trinajstić information content (AvgIpc) is 2.58. The lowest BCUT2D eigenvalue weighted by Gasteiger charge is -2.23. The van der Waals surface area contributed by atoms with E-state index in [1.807, 2.05) is 6.07 Å². The van der Waals surface area contributed by atoms with Gasteiger partial charge in [0, 0.05) is 30.2 Å². The minimum Gasteiger partial charge on any atom is -0.370 e. The molecule has 2 nitrogen and oxygen atoms in total. The van der Waals surface area contributed by atoms with Gasteiger partial charge in [-0.15, -0.1) is 11.8 Å². The summed E-state index contributed by atoms with van der Waals surface area (Å²) in [6.45, 7) is 4.40. The third-order valence-corrected chi connectivity index (χ3v) is 4.06. The maximum atomic E-state index is 6.12. The third kappa shape index (κ3) is 2.84. The number of benzene rings is 1. The first kappa shape index (κ1) is 12.1. The van der Waals surface area contributed by atoms with Crippen molar-refractivity contribution in [3.05, 3.63) is 23.2 Å². The Bertz CT molecular complexity index is 349. The zero-order valence-corrected chi connectivity index (χ0v) is 11.1. The number of halogens is 1. The maximum absolute atomic E-state index is 6.12. The lowest BCUT2D eigenvalue weighted by Crippen LogP contribution is -2.27. The molecule has 1 aromatic carbocycles. The van der Waals surface area contributed by atoms with E-state index in [9.17, 15) is 0 Å². The molecule has 0 aliphatic carbocycles. The van der Waals surface area contributed by atoms with Crippen LogP contribution in [-0.2, 0) is 0 Å². The molecular weight excluding hydrogens is 240 g/mol. The van der Waals surface area contributed by atoms with Gasteiger partial charge in [0.25, 0.3) is 0 Å². The lowest BCUT2D eigenvalue weighted by molar-refractivity contribution is 0.724. The predicted molar refractivity (Wildman–Crippen MR) is 72.9 cm³/mol. The van der Waals surface area contributed by atoms with Crippen molar-refractivity contribution < 1.29 is 0 Å². The quantitative estimate of drug-likeness (QED) is 0.820. The smallest absolute Gasteiger partial charge is 0.0543 e. The Morgan fingerprint density at radius 2 is 2.19 bits per heavy atom. The molecule has 0 bridgehead atoms. The molecule has 0 aromatic heterocycles. The summed E-state index contributed by atoms with van der Waals surface area (Å²) >= 11 is 7.82. The number of nitrogens with zero attached hydrogens (tertiary/aromatic N) is 1. The van der Waals surface area contributed by atoms with Crippen molar-refractivity contribution in [2.45, 2.75) is 11.3 Å². The minimum atomic E-state index is 0.851. The standard InChI is InChI=1S/C12H17ClN2S/c1-16-12-9-10(3-4-11(12)13)15-7-2-5-14-6-8-15/h3-4,9,14H,2,5-8H2,1H3.